The van der Waals surface area contributed by atoms with Crippen LogP contribution in [-0.2, 0) is 29.0 Å². The van der Waals surface area contributed by atoms with Gasteiger partial charge in [0.2, 0.25) is 11.8 Å². The molecule has 0 radical (unpaired) electrons. The van der Waals surface area contributed by atoms with Crippen LogP contribution < -0.4 is 10.2 Å². The summed E-state index contributed by atoms with van der Waals surface area (Å²) in [5.41, 5.74) is 4.75. The number of fused-ring (bicyclic) bond motifs is 2. The molecule has 9 nitrogen and oxygen atoms in total. The van der Waals surface area contributed by atoms with Gasteiger partial charge in [0, 0.05) is 49.1 Å². The molecule has 2 aromatic carbocycles. The smallest absolute Gasteiger partial charge is 0.249 e. The van der Waals surface area contributed by atoms with Gasteiger partial charge in [0.05, 0.1) is 10.5 Å². The molecule has 0 fully saturated rings. The van der Waals surface area contributed by atoms with Crippen molar-refractivity contribution in [2.45, 2.75) is 32.4 Å². The average molecular weight is 545 g/mol. The molecule has 0 aliphatic heterocycles. The number of carbonyl (C=O) groups excluding carboxylic acids is 2. The van der Waals surface area contributed by atoms with Crippen LogP contribution in [0.2, 0.25) is 5.02 Å². The number of rotatable bonds is 9. The second kappa shape index (κ2) is 11.3. The predicted molar refractivity (Wildman–Crippen MR) is 151 cm³/mol. The molecule has 10 heteroatoms. The number of amides is 2. The van der Waals surface area contributed by atoms with Crippen molar-refractivity contribution in [3.8, 4) is 0 Å². The molecule has 5 aromatic rings. The molecule has 39 heavy (non-hydrogen) atoms. The first-order chi connectivity index (χ1) is 18.9. The number of nitrogens with zero attached hydrogens (tertiary/aromatic N) is 5. The average Bonchev–Trinajstić information content (AvgIpc) is 3.51. The largest absolute Gasteiger partial charge is 0.396 e. The molecule has 0 aliphatic carbocycles. The van der Waals surface area contributed by atoms with Crippen LogP contribution in [-0.4, -0.2) is 55.8 Å². The zero-order valence-corrected chi connectivity index (χ0v) is 22.5. The molecule has 0 spiro atoms. The van der Waals surface area contributed by atoms with Crippen molar-refractivity contribution in [1.82, 2.24) is 24.5 Å². The highest BCUT2D eigenvalue weighted by Gasteiger charge is 2.26. The standard InChI is InChI=1S/C29H29ClN6O3/c1-19-22(12-14-37)28-23(30)9-6-10-25(28)36(19)17-27(38)32-24(15-20-7-4-3-5-8-20)29(39)34(2)21-11-13-35-18-31-33-26(35)16-21/h3-11,13,16,18,24,37H,12,14-15,17H2,1-2H3,(H,32,38)/t24-/m0/s1. The Balaban J connectivity index is 1.42. The first-order valence-electron chi connectivity index (χ1n) is 12.6. The number of hydrogen-bond acceptors (Lipinski definition) is 5. The van der Waals surface area contributed by atoms with Gasteiger partial charge < -0.3 is 19.9 Å². The Hall–Kier alpha value is -4.21. The third kappa shape index (κ3) is 5.36. The molecule has 0 unspecified atom stereocenters. The minimum Gasteiger partial charge on any atom is -0.396 e. The minimum absolute atomic E-state index is 0.00208. The summed E-state index contributed by atoms with van der Waals surface area (Å²) < 4.78 is 3.64. The lowest BCUT2D eigenvalue weighted by molar-refractivity contribution is -0.127. The fourth-order valence-electron chi connectivity index (χ4n) is 4.99. The summed E-state index contributed by atoms with van der Waals surface area (Å²) in [6, 6.07) is 17.9. The van der Waals surface area contributed by atoms with Gasteiger partial charge in [-0.3, -0.25) is 14.0 Å². The maximum atomic E-state index is 13.7. The highest BCUT2D eigenvalue weighted by Crippen LogP contribution is 2.32. The van der Waals surface area contributed by atoms with Crippen LogP contribution in [0, 0.1) is 6.92 Å². The Kier molecular flexibility index (Phi) is 7.63. The van der Waals surface area contributed by atoms with Gasteiger partial charge in [-0.1, -0.05) is 48.0 Å². The van der Waals surface area contributed by atoms with Crippen LogP contribution in [0.4, 0.5) is 5.69 Å². The monoisotopic (exact) mass is 544 g/mol. The van der Waals surface area contributed by atoms with Gasteiger partial charge >= 0.3 is 0 Å². The van der Waals surface area contributed by atoms with Crippen molar-refractivity contribution in [1.29, 1.82) is 0 Å². The molecule has 2 N–H and O–H groups in total. The number of benzene rings is 2. The zero-order valence-electron chi connectivity index (χ0n) is 21.7. The molecule has 3 aromatic heterocycles. The van der Waals surface area contributed by atoms with Crippen LogP contribution in [0.15, 0.2) is 73.2 Å². The van der Waals surface area contributed by atoms with Crippen LogP contribution in [0.1, 0.15) is 16.8 Å². The number of pyridine rings is 1. The number of hydrogen-bond donors (Lipinski definition) is 2. The highest BCUT2D eigenvalue weighted by atomic mass is 35.5. The van der Waals surface area contributed by atoms with Crippen molar-refractivity contribution >= 4 is 45.7 Å². The van der Waals surface area contributed by atoms with Crippen LogP contribution >= 0.6 is 11.6 Å². The number of halogens is 1. The summed E-state index contributed by atoms with van der Waals surface area (Å²) in [7, 11) is 1.68. The fraction of sp³-hybridized carbons (Fsp3) is 0.241. The number of aliphatic hydroxyl groups is 1. The van der Waals surface area contributed by atoms with Crippen molar-refractivity contribution < 1.29 is 14.7 Å². The van der Waals surface area contributed by atoms with Crippen LogP contribution in [0.25, 0.3) is 16.6 Å². The van der Waals surface area contributed by atoms with E-state index >= 15 is 0 Å². The molecule has 3 heterocycles. The van der Waals surface area contributed by atoms with E-state index in [1.165, 1.54) is 4.90 Å². The Labute approximate surface area is 230 Å². The lowest BCUT2D eigenvalue weighted by Crippen LogP contribution is -2.49. The highest BCUT2D eigenvalue weighted by molar-refractivity contribution is 6.35. The molecule has 5 rings (SSSR count). The van der Waals surface area contributed by atoms with E-state index in [0.717, 1.165) is 27.7 Å². The molecule has 2 amide bonds. The summed E-state index contributed by atoms with van der Waals surface area (Å²) in [5, 5.41) is 21.9. The number of anilines is 1. The molecular weight excluding hydrogens is 516 g/mol. The molecule has 0 saturated heterocycles. The van der Waals surface area contributed by atoms with Gasteiger partial charge in [-0.2, -0.15) is 0 Å². The fourth-order valence-corrected chi connectivity index (χ4v) is 5.28. The summed E-state index contributed by atoms with van der Waals surface area (Å²) >= 11 is 6.50. The first kappa shape index (κ1) is 26.4. The topological polar surface area (TPSA) is 105 Å². The SMILES string of the molecule is Cc1c(CCO)c2c(Cl)cccc2n1CC(=O)N[C@@H](Cc1ccccc1)C(=O)N(C)c1ccn2cnnc2c1. The van der Waals surface area contributed by atoms with E-state index in [4.69, 9.17) is 11.6 Å². The number of nitrogens with one attached hydrogen (secondary N) is 1. The molecular formula is C29H29ClN6O3. The van der Waals surface area contributed by atoms with Crippen molar-refractivity contribution in [2.24, 2.45) is 0 Å². The molecule has 200 valence electrons. The van der Waals surface area contributed by atoms with Gasteiger partial charge in [0.15, 0.2) is 5.65 Å². The van der Waals surface area contributed by atoms with E-state index in [1.54, 1.807) is 42.2 Å². The van der Waals surface area contributed by atoms with E-state index in [2.05, 4.69) is 15.5 Å². The Bertz CT molecular complexity index is 1650. The summed E-state index contributed by atoms with van der Waals surface area (Å²) in [6.45, 7) is 1.88. The Morgan fingerprint density at radius 2 is 1.92 bits per heavy atom. The summed E-state index contributed by atoms with van der Waals surface area (Å²) in [5.74, 6) is -0.560. The van der Waals surface area contributed by atoms with Gasteiger partial charge in [-0.05, 0) is 42.7 Å². The Morgan fingerprint density at radius 3 is 2.69 bits per heavy atom. The molecule has 0 saturated carbocycles. The van der Waals surface area contributed by atoms with E-state index in [-0.39, 0.29) is 25.0 Å². The zero-order chi connectivity index (χ0) is 27.5. The lowest BCUT2D eigenvalue weighted by atomic mass is 10.0. The first-order valence-corrected chi connectivity index (χ1v) is 13.0. The quantitative estimate of drug-likeness (QED) is 0.295. The van der Waals surface area contributed by atoms with Gasteiger partial charge in [-0.25, -0.2) is 0 Å². The molecule has 0 bridgehead atoms. The van der Waals surface area contributed by atoms with Gasteiger partial charge in [-0.15, -0.1) is 10.2 Å². The van der Waals surface area contributed by atoms with E-state index < -0.39 is 6.04 Å². The van der Waals surface area contributed by atoms with Crippen molar-refractivity contribution in [2.75, 3.05) is 18.6 Å². The molecule has 1 atom stereocenters. The van der Waals surface area contributed by atoms with E-state index in [1.807, 2.05) is 54.0 Å². The maximum absolute atomic E-state index is 13.7. The summed E-state index contributed by atoms with van der Waals surface area (Å²) in [4.78, 5) is 28.7. The lowest BCUT2D eigenvalue weighted by Gasteiger charge is -2.25. The van der Waals surface area contributed by atoms with Gasteiger partial charge in [0.1, 0.15) is 18.9 Å². The van der Waals surface area contributed by atoms with Gasteiger partial charge in [0.25, 0.3) is 0 Å². The number of carbonyl (C=O) groups is 2. The van der Waals surface area contributed by atoms with E-state index in [0.29, 0.717) is 29.2 Å². The van der Waals surface area contributed by atoms with Crippen molar-refractivity contribution in [3.05, 3.63) is 95.0 Å². The maximum Gasteiger partial charge on any atom is 0.249 e. The number of likely N-dealkylation sites (N-methyl/N-ethyl adjacent to an activating group) is 1. The third-order valence-electron chi connectivity index (χ3n) is 7.01. The van der Waals surface area contributed by atoms with Crippen LogP contribution in [0.5, 0.6) is 0 Å². The minimum atomic E-state index is -0.804. The second-order valence-electron chi connectivity index (χ2n) is 9.45. The van der Waals surface area contributed by atoms with Crippen LogP contribution in [0.3, 0.4) is 0 Å². The Morgan fingerprint density at radius 1 is 1.13 bits per heavy atom. The normalized spacial score (nSPS) is 12.1. The molecule has 0 aliphatic rings. The second-order valence-corrected chi connectivity index (χ2v) is 9.85. The predicted octanol–water partition coefficient (Wildman–Crippen LogP) is 3.57. The number of aliphatic hydroxyl groups excluding tert-OH is 1. The third-order valence-corrected chi connectivity index (χ3v) is 7.32. The number of aromatic nitrogens is 4. The summed E-state index contributed by atoms with van der Waals surface area (Å²) in [6.07, 6.45) is 4.13. The van der Waals surface area contributed by atoms with Crippen molar-refractivity contribution in [3.63, 3.8) is 0 Å². The van der Waals surface area contributed by atoms with E-state index in [9.17, 15) is 14.7 Å².